The second-order valence-electron chi connectivity index (χ2n) is 8.16. The standard InChI is InChI=1S/C13H10.C12H8.3C3H8.Y/c1-3-7-12-10(5-1)9-11-6-2-4-8-13(11)12;1-3-7-11(8-4-1)12-9-5-2-6-10-12;3*1-3-2;/h1-8H,9H2;1-7,9H;3*3H2,1-2H3;/q;-2;;;;. The van der Waals surface area contributed by atoms with Crippen LogP contribution in [-0.2, 0) is 39.1 Å². The molecule has 1 radical (unpaired) electrons. The Labute approximate surface area is 241 Å². The Morgan fingerprint density at radius 1 is 0.486 bits per heavy atom. The van der Waals surface area contributed by atoms with Crippen LogP contribution in [0.1, 0.15) is 71.9 Å². The van der Waals surface area contributed by atoms with Crippen LogP contribution >= 0.6 is 0 Å². The number of hydrogen-bond donors (Lipinski definition) is 0. The van der Waals surface area contributed by atoms with Gasteiger partial charge in [0, 0.05) is 32.7 Å². The van der Waals surface area contributed by atoms with Gasteiger partial charge in [-0.1, -0.05) is 109 Å². The largest absolute Gasteiger partial charge is 0.226 e. The van der Waals surface area contributed by atoms with Gasteiger partial charge in [0.15, 0.2) is 0 Å². The molecule has 183 valence electrons. The summed E-state index contributed by atoms with van der Waals surface area (Å²) in [6.45, 7) is 12.8. The molecule has 0 spiro atoms. The summed E-state index contributed by atoms with van der Waals surface area (Å²) in [4.78, 5) is 0. The average molecular weight is 540 g/mol. The first kappa shape index (κ1) is 33.0. The van der Waals surface area contributed by atoms with Crippen LogP contribution in [0.4, 0.5) is 0 Å². The van der Waals surface area contributed by atoms with E-state index in [1.165, 1.54) is 41.5 Å². The van der Waals surface area contributed by atoms with Crippen LogP contribution in [0.3, 0.4) is 0 Å². The monoisotopic (exact) mass is 539 g/mol. The van der Waals surface area contributed by atoms with Crippen molar-refractivity contribution in [3.63, 3.8) is 0 Å². The van der Waals surface area contributed by atoms with Crippen molar-refractivity contribution in [3.8, 4) is 22.3 Å². The second kappa shape index (κ2) is 21.3. The third-order valence-corrected chi connectivity index (χ3v) is 4.41. The molecule has 1 aliphatic rings. The molecule has 0 atom stereocenters. The zero-order valence-corrected chi connectivity index (χ0v) is 25.5. The van der Waals surface area contributed by atoms with E-state index < -0.39 is 0 Å². The normalized spacial score (nSPS) is 9.43. The molecular weight excluding hydrogens is 497 g/mol. The summed E-state index contributed by atoms with van der Waals surface area (Å²) in [5.41, 5.74) is 7.94. The SMILES string of the molecule is CCC.CCC.CCC.[Y].[c-]1ccccc1-c1[c-]cccc1.c1ccc2c(c1)Cc1ccccc1-2. The van der Waals surface area contributed by atoms with Gasteiger partial charge < -0.3 is 0 Å². The van der Waals surface area contributed by atoms with Gasteiger partial charge in [-0.3, -0.25) is 0 Å². The van der Waals surface area contributed by atoms with Gasteiger partial charge in [0.1, 0.15) is 0 Å². The summed E-state index contributed by atoms with van der Waals surface area (Å²) >= 11 is 0. The molecule has 1 aliphatic carbocycles. The Bertz CT molecular complexity index is 921. The van der Waals surface area contributed by atoms with Crippen molar-refractivity contribution in [2.75, 3.05) is 0 Å². The molecule has 4 aromatic rings. The van der Waals surface area contributed by atoms with E-state index >= 15 is 0 Å². The minimum Gasteiger partial charge on any atom is -0.226 e. The van der Waals surface area contributed by atoms with Crippen LogP contribution in [-0.4, -0.2) is 0 Å². The van der Waals surface area contributed by atoms with Gasteiger partial charge in [-0.05, 0) is 28.7 Å². The van der Waals surface area contributed by atoms with E-state index in [-0.39, 0.29) is 32.7 Å². The van der Waals surface area contributed by atoms with Crippen molar-refractivity contribution in [1.82, 2.24) is 0 Å². The molecule has 0 bridgehead atoms. The Morgan fingerprint density at radius 3 is 1.11 bits per heavy atom. The minimum atomic E-state index is 0. The summed E-state index contributed by atoms with van der Waals surface area (Å²) in [5.74, 6) is 0. The van der Waals surface area contributed by atoms with E-state index in [1.54, 1.807) is 0 Å². The van der Waals surface area contributed by atoms with Crippen molar-refractivity contribution in [2.45, 2.75) is 67.2 Å². The fraction of sp³-hybridized carbons (Fsp3) is 0.294. The van der Waals surface area contributed by atoms with E-state index in [9.17, 15) is 0 Å². The fourth-order valence-electron chi connectivity index (χ4n) is 3.20. The molecule has 1 heteroatoms. The molecule has 0 unspecified atom stereocenters. The van der Waals surface area contributed by atoms with Gasteiger partial charge >= 0.3 is 0 Å². The van der Waals surface area contributed by atoms with Crippen molar-refractivity contribution in [3.05, 3.63) is 120 Å². The maximum absolute atomic E-state index is 3.15. The minimum absolute atomic E-state index is 0. The Kier molecular flexibility index (Phi) is 20.1. The first-order valence-corrected chi connectivity index (χ1v) is 12.8. The molecule has 0 aliphatic heterocycles. The Balaban J connectivity index is 0.000000488. The van der Waals surface area contributed by atoms with Crippen LogP contribution in [0.15, 0.2) is 97.1 Å². The predicted octanol–water partition coefficient (Wildman–Crippen LogP) is 10.5. The zero-order chi connectivity index (χ0) is 25.0. The molecular formula is C34H42Y-2. The Morgan fingerprint density at radius 2 is 0.800 bits per heavy atom. The molecule has 5 rings (SSSR count). The van der Waals surface area contributed by atoms with Crippen molar-refractivity contribution < 1.29 is 32.7 Å². The third kappa shape index (κ3) is 12.5. The third-order valence-electron chi connectivity index (χ3n) is 4.41. The molecule has 0 saturated carbocycles. The van der Waals surface area contributed by atoms with Gasteiger partial charge in [0.05, 0.1) is 0 Å². The van der Waals surface area contributed by atoms with Gasteiger partial charge in [-0.25, -0.2) is 11.1 Å². The molecule has 0 saturated heterocycles. The Hall–Kier alpha value is -2.02. The number of benzene rings is 4. The van der Waals surface area contributed by atoms with Gasteiger partial charge in [-0.2, -0.15) is 48.5 Å². The van der Waals surface area contributed by atoms with Gasteiger partial charge in [0.25, 0.3) is 0 Å². The van der Waals surface area contributed by atoms with Crippen LogP contribution in [0.5, 0.6) is 0 Å². The maximum atomic E-state index is 3.15. The van der Waals surface area contributed by atoms with Gasteiger partial charge in [0.2, 0.25) is 0 Å². The summed E-state index contributed by atoms with van der Waals surface area (Å²) in [5, 5.41) is 0. The second-order valence-corrected chi connectivity index (χ2v) is 8.16. The number of hydrogen-bond acceptors (Lipinski definition) is 0. The quantitative estimate of drug-likeness (QED) is 0.186. The number of fused-ring (bicyclic) bond motifs is 3. The molecule has 0 heterocycles. The van der Waals surface area contributed by atoms with E-state index in [2.05, 4.69) is 102 Å². The smallest absolute Gasteiger partial charge is 0 e. The number of rotatable bonds is 1. The van der Waals surface area contributed by atoms with Crippen molar-refractivity contribution in [1.29, 1.82) is 0 Å². The van der Waals surface area contributed by atoms with Crippen LogP contribution in [0.2, 0.25) is 0 Å². The molecule has 0 fully saturated rings. The van der Waals surface area contributed by atoms with Crippen molar-refractivity contribution >= 4 is 0 Å². The topological polar surface area (TPSA) is 0 Å². The van der Waals surface area contributed by atoms with Crippen LogP contribution < -0.4 is 0 Å². The maximum Gasteiger partial charge on any atom is 0 e. The van der Waals surface area contributed by atoms with Crippen molar-refractivity contribution in [2.24, 2.45) is 0 Å². The predicted molar refractivity (Wildman–Crippen MR) is 152 cm³/mol. The molecule has 0 amide bonds. The molecule has 35 heavy (non-hydrogen) atoms. The molecule has 0 aromatic heterocycles. The fourth-order valence-corrected chi connectivity index (χ4v) is 3.20. The first-order valence-electron chi connectivity index (χ1n) is 12.8. The van der Waals surface area contributed by atoms with E-state index in [4.69, 9.17) is 0 Å². The average Bonchev–Trinajstić information content (AvgIpc) is 3.26. The van der Waals surface area contributed by atoms with E-state index in [0.717, 1.165) is 17.5 Å². The summed E-state index contributed by atoms with van der Waals surface area (Å²) in [6.07, 6.45) is 4.85. The summed E-state index contributed by atoms with van der Waals surface area (Å²) in [6, 6.07) is 39.5. The molecule has 4 aromatic carbocycles. The van der Waals surface area contributed by atoms with Crippen LogP contribution in [0, 0.1) is 12.1 Å². The van der Waals surface area contributed by atoms with Gasteiger partial charge in [-0.15, -0.1) is 12.1 Å². The molecule has 0 nitrogen and oxygen atoms in total. The van der Waals surface area contributed by atoms with E-state index in [0.29, 0.717) is 0 Å². The molecule has 0 N–H and O–H groups in total. The summed E-state index contributed by atoms with van der Waals surface area (Å²) in [7, 11) is 0. The zero-order valence-electron chi connectivity index (χ0n) is 22.6. The van der Waals surface area contributed by atoms with E-state index in [1.807, 2.05) is 48.5 Å². The summed E-state index contributed by atoms with van der Waals surface area (Å²) < 4.78 is 0. The van der Waals surface area contributed by atoms with Crippen LogP contribution in [0.25, 0.3) is 22.3 Å². The first-order chi connectivity index (χ1) is 16.7.